The molecular formula is C24H18FN6O2+. The van der Waals surface area contributed by atoms with Gasteiger partial charge in [0.05, 0.1) is 5.69 Å². The summed E-state index contributed by atoms with van der Waals surface area (Å²) in [6.45, 7) is 1.70. The highest BCUT2D eigenvalue weighted by atomic mass is 19.1. The predicted octanol–water partition coefficient (Wildman–Crippen LogP) is 3.68. The average molecular weight is 441 g/mol. The van der Waals surface area contributed by atoms with Crippen molar-refractivity contribution in [2.45, 2.75) is 6.92 Å². The van der Waals surface area contributed by atoms with Crippen molar-refractivity contribution in [2.75, 3.05) is 5.32 Å². The number of pyridine rings is 2. The van der Waals surface area contributed by atoms with Crippen LogP contribution in [0, 0.1) is 12.7 Å². The summed E-state index contributed by atoms with van der Waals surface area (Å²) in [4.78, 5) is 21.6. The highest BCUT2D eigenvalue weighted by Crippen LogP contribution is 2.33. The number of carbonyl (C=O) groups excluding carboxylic acids is 1. The Balaban J connectivity index is 1.59. The summed E-state index contributed by atoms with van der Waals surface area (Å²) in [5.74, 6) is -0.395. The Kier molecular flexibility index (Phi) is 4.98. The van der Waals surface area contributed by atoms with Crippen LogP contribution in [0.3, 0.4) is 0 Å². The van der Waals surface area contributed by atoms with Crippen molar-refractivity contribution in [3.8, 4) is 22.5 Å². The first-order valence-electron chi connectivity index (χ1n) is 10.1. The van der Waals surface area contributed by atoms with E-state index < -0.39 is 5.91 Å². The molecule has 162 valence electrons. The normalized spacial score (nSPS) is 11.0. The summed E-state index contributed by atoms with van der Waals surface area (Å²) in [6.07, 6.45) is 5.93. The molecule has 5 aromatic rings. The van der Waals surface area contributed by atoms with Crippen LogP contribution in [0.2, 0.25) is 0 Å². The van der Waals surface area contributed by atoms with E-state index in [9.17, 15) is 14.4 Å². The van der Waals surface area contributed by atoms with Gasteiger partial charge in [-0.1, -0.05) is 0 Å². The van der Waals surface area contributed by atoms with Crippen LogP contribution in [0.4, 0.5) is 10.2 Å². The number of fused-ring (bicyclic) bond motifs is 1. The van der Waals surface area contributed by atoms with Crippen LogP contribution >= 0.6 is 0 Å². The lowest BCUT2D eigenvalue weighted by molar-refractivity contribution is -0.904. The Morgan fingerprint density at radius 1 is 1.09 bits per heavy atom. The minimum absolute atomic E-state index is 0.270. The third kappa shape index (κ3) is 3.87. The second-order valence-corrected chi connectivity index (χ2v) is 7.42. The quantitative estimate of drug-likeness (QED) is 0.328. The Morgan fingerprint density at radius 2 is 1.97 bits per heavy atom. The molecule has 9 heteroatoms. The fraction of sp³-hybridized carbons (Fsp3) is 0.0417. The number of anilines is 1. The van der Waals surface area contributed by atoms with Crippen molar-refractivity contribution in [3.05, 3.63) is 96.3 Å². The molecule has 1 aromatic carbocycles. The van der Waals surface area contributed by atoms with Crippen LogP contribution in [-0.4, -0.2) is 30.7 Å². The lowest BCUT2D eigenvalue weighted by atomic mass is 10.0. The molecule has 5 rings (SSSR count). The van der Waals surface area contributed by atoms with E-state index in [1.807, 2.05) is 6.07 Å². The van der Waals surface area contributed by atoms with Gasteiger partial charge in [0.15, 0.2) is 5.65 Å². The number of rotatable bonds is 4. The van der Waals surface area contributed by atoms with E-state index in [4.69, 9.17) is 4.98 Å². The molecule has 0 atom stereocenters. The molecule has 0 bridgehead atoms. The first kappa shape index (κ1) is 20.3. The van der Waals surface area contributed by atoms with E-state index in [2.05, 4.69) is 15.4 Å². The molecule has 0 aliphatic rings. The number of hydrogen-bond acceptors (Lipinski definition) is 5. The summed E-state index contributed by atoms with van der Waals surface area (Å²) in [5.41, 5.74) is 4.18. The van der Waals surface area contributed by atoms with Gasteiger partial charge in [0, 0.05) is 34.3 Å². The molecular weight excluding hydrogens is 423 g/mol. The van der Waals surface area contributed by atoms with Crippen molar-refractivity contribution in [2.24, 2.45) is 0 Å². The minimum atomic E-state index is -0.422. The highest BCUT2D eigenvalue weighted by Gasteiger charge is 2.19. The van der Waals surface area contributed by atoms with Crippen molar-refractivity contribution >= 4 is 17.4 Å². The number of nitrogens with one attached hydrogen (secondary N) is 1. The maximum atomic E-state index is 13.9. The molecule has 8 nitrogen and oxygen atoms in total. The Morgan fingerprint density at radius 3 is 2.79 bits per heavy atom. The zero-order chi connectivity index (χ0) is 22.9. The molecule has 0 saturated heterocycles. The molecule has 0 aliphatic heterocycles. The third-order valence-electron chi connectivity index (χ3n) is 5.15. The highest BCUT2D eigenvalue weighted by molar-refractivity contribution is 6.03. The molecule has 0 radical (unpaired) electrons. The number of halogens is 1. The second kappa shape index (κ2) is 8.12. The number of amides is 1. The maximum Gasteiger partial charge on any atom is 0.263 e. The van der Waals surface area contributed by atoms with Crippen LogP contribution in [0.25, 0.3) is 28.2 Å². The lowest BCUT2D eigenvalue weighted by Gasteiger charge is -2.08. The van der Waals surface area contributed by atoms with Crippen LogP contribution < -0.4 is 10.0 Å². The number of benzene rings is 1. The van der Waals surface area contributed by atoms with Gasteiger partial charge in [-0.25, -0.2) is 18.9 Å². The van der Waals surface area contributed by atoms with Gasteiger partial charge >= 0.3 is 0 Å². The molecule has 33 heavy (non-hydrogen) atoms. The maximum absolute atomic E-state index is 13.9. The van der Waals surface area contributed by atoms with Gasteiger partial charge in [0.2, 0.25) is 12.4 Å². The van der Waals surface area contributed by atoms with Gasteiger partial charge in [-0.15, -0.1) is 0 Å². The summed E-state index contributed by atoms with van der Waals surface area (Å²) in [5, 5.41) is 16.7. The molecule has 4 aromatic heterocycles. The van der Waals surface area contributed by atoms with E-state index >= 15 is 0 Å². The molecule has 0 aliphatic carbocycles. The molecule has 0 saturated carbocycles. The van der Waals surface area contributed by atoms with Crippen molar-refractivity contribution in [3.63, 3.8) is 0 Å². The fourth-order valence-electron chi connectivity index (χ4n) is 3.57. The van der Waals surface area contributed by atoms with Gasteiger partial charge in [-0.2, -0.15) is 5.10 Å². The largest absolute Gasteiger partial charge is 0.306 e. The lowest BCUT2D eigenvalue weighted by Crippen LogP contribution is -2.30. The summed E-state index contributed by atoms with van der Waals surface area (Å²) < 4.78 is 16.4. The fourth-order valence-corrected chi connectivity index (χ4v) is 3.57. The number of carbonyl (C=O) groups is 1. The third-order valence-corrected chi connectivity index (χ3v) is 5.15. The Labute approximate surface area is 187 Å². The average Bonchev–Trinajstić information content (AvgIpc) is 3.21. The minimum Gasteiger partial charge on any atom is -0.306 e. The van der Waals surface area contributed by atoms with Crippen molar-refractivity contribution in [1.29, 1.82) is 0 Å². The topological polar surface area (TPSA) is 96.3 Å². The van der Waals surface area contributed by atoms with Crippen LogP contribution in [0.15, 0.2) is 79.4 Å². The number of imidazole rings is 1. The van der Waals surface area contributed by atoms with E-state index in [1.165, 1.54) is 18.5 Å². The van der Waals surface area contributed by atoms with Crippen molar-refractivity contribution < 1.29 is 19.1 Å². The van der Waals surface area contributed by atoms with Gasteiger partial charge < -0.3 is 5.32 Å². The molecule has 1 amide bonds. The van der Waals surface area contributed by atoms with E-state index in [0.29, 0.717) is 34.0 Å². The summed E-state index contributed by atoms with van der Waals surface area (Å²) >= 11 is 0. The molecule has 0 spiro atoms. The monoisotopic (exact) mass is 441 g/mol. The zero-order valence-electron chi connectivity index (χ0n) is 17.5. The van der Waals surface area contributed by atoms with E-state index in [-0.39, 0.29) is 11.4 Å². The summed E-state index contributed by atoms with van der Waals surface area (Å²) in [7, 11) is 0. The SMILES string of the molecule is Cc1cc(-c2nc3cccnn3c2-c2ccnc(NC(=O)c3ccc[n+](O)c3)c2)ccc1F. The predicted molar refractivity (Wildman–Crippen MR) is 118 cm³/mol. The van der Waals surface area contributed by atoms with Gasteiger partial charge in [0.25, 0.3) is 5.91 Å². The van der Waals surface area contributed by atoms with Gasteiger partial charge in [0.1, 0.15) is 22.9 Å². The van der Waals surface area contributed by atoms with E-state index in [1.54, 1.807) is 66.3 Å². The number of aromatic nitrogens is 5. The number of nitrogens with zero attached hydrogens (tertiary/aromatic N) is 5. The van der Waals surface area contributed by atoms with Crippen LogP contribution in [-0.2, 0) is 0 Å². The second-order valence-electron chi connectivity index (χ2n) is 7.42. The standard InChI is InChI=1S/C24H17FN6O2/c1-15-12-16(6-7-19(15)25)22-23(31-21(29-22)5-2-9-27-31)17-8-10-26-20(13-17)28-24(32)18-4-3-11-30(33)14-18/h2-14H,1H3,(H-,26,28,32,33)/p+1. The molecule has 0 unspecified atom stereocenters. The smallest absolute Gasteiger partial charge is 0.263 e. The summed E-state index contributed by atoms with van der Waals surface area (Å²) in [6, 6.07) is 15.1. The molecule has 2 N–H and O–H groups in total. The number of aryl methyl sites for hydroxylation is 1. The first-order valence-corrected chi connectivity index (χ1v) is 10.1. The van der Waals surface area contributed by atoms with Crippen LogP contribution in [0.1, 0.15) is 15.9 Å². The Bertz CT molecular complexity index is 1510. The Hall–Kier alpha value is -4.66. The zero-order valence-corrected chi connectivity index (χ0v) is 17.5. The van der Waals surface area contributed by atoms with Crippen LogP contribution in [0.5, 0.6) is 0 Å². The van der Waals surface area contributed by atoms with Gasteiger partial charge in [-0.3, -0.25) is 10.0 Å². The number of hydrogen-bond donors (Lipinski definition) is 2. The molecule has 4 heterocycles. The first-order chi connectivity index (χ1) is 16.0. The van der Waals surface area contributed by atoms with E-state index in [0.717, 1.165) is 10.3 Å². The van der Waals surface area contributed by atoms with Gasteiger partial charge in [-0.05, 0) is 61.0 Å². The molecule has 0 fully saturated rings. The van der Waals surface area contributed by atoms with Crippen molar-refractivity contribution in [1.82, 2.24) is 19.6 Å².